The highest BCUT2D eigenvalue weighted by Crippen LogP contribution is 2.17. The average molecular weight is 220 g/mol. The van der Waals surface area contributed by atoms with Crippen molar-refractivity contribution in [1.82, 2.24) is 0 Å². The van der Waals surface area contributed by atoms with Crippen molar-refractivity contribution in [3.05, 3.63) is 40.5 Å². The monoisotopic (exact) mass is 220 g/mol. The molecule has 16 heavy (non-hydrogen) atoms. The number of benzene rings is 1. The van der Waals surface area contributed by atoms with Crippen molar-refractivity contribution in [2.75, 3.05) is 7.11 Å². The third kappa shape index (κ3) is 2.94. The number of hydrogen-bond donors (Lipinski definition) is 1. The van der Waals surface area contributed by atoms with E-state index in [-0.39, 0.29) is 6.61 Å². The fraction of sp³-hybridized carbons (Fsp3) is 0.308. The Labute approximate surface area is 95.4 Å². The van der Waals surface area contributed by atoms with Crippen LogP contribution in [0.3, 0.4) is 0 Å². The van der Waals surface area contributed by atoms with E-state index in [0.29, 0.717) is 0 Å². The maximum atomic E-state index is 11.0. The van der Waals surface area contributed by atoms with Crippen LogP contribution in [0.4, 0.5) is 0 Å². The van der Waals surface area contributed by atoms with E-state index in [2.05, 4.69) is 4.74 Å². The Morgan fingerprint density at radius 3 is 2.56 bits per heavy atom. The summed E-state index contributed by atoms with van der Waals surface area (Å²) >= 11 is 0. The van der Waals surface area contributed by atoms with Gasteiger partial charge in [0.25, 0.3) is 0 Å². The zero-order valence-electron chi connectivity index (χ0n) is 9.78. The van der Waals surface area contributed by atoms with Gasteiger partial charge in [0.05, 0.1) is 13.7 Å². The standard InChI is InChI=1S/C13H16O3/c1-9-6-11(4-5-13(15)16-3)12(8-14)7-10(9)2/h4-7,14H,8H2,1-3H3/b5-4+. The molecule has 0 radical (unpaired) electrons. The van der Waals surface area contributed by atoms with Crippen LogP contribution in [0.15, 0.2) is 18.2 Å². The van der Waals surface area contributed by atoms with Crippen LogP contribution in [-0.2, 0) is 16.1 Å². The number of aliphatic hydroxyl groups is 1. The normalized spacial score (nSPS) is 10.8. The second-order valence-corrected chi connectivity index (χ2v) is 3.65. The van der Waals surface area contributed by atoms with Crippen LogP contribution in [0.5, 0.6) is 0 Å². The highest BCUT2D eigenvalue weighted by atomic mass is 16.5. The minimum absolute atomic E-state index is 0.0397. The molecule has 0 heterocycles. The number of carbonyl (C=O) groups excluding carboxylic acids is 1. The molecule has 0 aliphatic rings. The van der Waals surface area contributed by atoms with E-state index in [1.165, 1.54) is 13.2 Å². The molecule has 0 fully saturated rings. The first-order chi connectivity index (χ1) is 7.58. The Hall–Kier alpha value is -1.61. The van der Waals surface area contributed by atoms with Gasteiger partial charge < -0.3 is 9.84 Å². The molecule has 0 aliphatic heterocycles. The number of aryl methyl sites for hydroxylation is 2. The molecule has 0 spiro atoms. The van der Waals surface area contributed by atoms with Gasteiger partial charge >= 0.3 is 5.97 Å². The Balaban J connectivity index is 3.07. The molecule has 0 saturated carbocycles. The van der Waals surface area contributed by atoms with Gasteiger partial charge in [0, 0.05) is 6.08 Å². The summed E-state index contributed by atoms with van der Waals surface area (Å²) in [4.78, 5) is 11.0. The minimum atomic E-state index is -0.401. The first-order valence-electron chi connectivity index (χ1n) is 5.05. The van der Waals surface area contributed by atoms with Crippen molar-refractivity contribution >= 4 is 12.0 Å². The molecular formula is C13H16O3. The molecule has 1 aromatic rings. The number of ether oxygens (including phenoxy) is 1. The van der Waals surface area contributed by atoms with Crippen LogP contribution in [0, 0.1) is 13.8 Å². The summed E-state index contributed by atoms with van der Waals surface area (Å²) in [6.07, 6.45) is 3.01. The van der Waals surface area contributed by atoms with Gasteiger partial charge in [-0.2, -0.15) is 0 Å². The molecule has 0 atom stereocenters. The number of carbonyl (C=O) groups is 1. The van der Waals surface area contributed by atoms with E-state index in [9.17, 15) is 9.90 Å². The fourth-order valence-corrected chi connectivity index (χ4v) is 1.42. The topological polar surface area (TPSA) is 46.5 Å². The van der Waals surface area contributed by atoms with Crippen molar-refractivity contribution in [2.45, 2.75) is 20.5 Å². The third-order valence-corrected chi connectivity index (χ3v) is 2.53. The molecule has 0 saturated heterocycles. The maximum Gasteiger partial charge on any atom is 0.330 e. The molecule has 0 aliphatic carbocycles. The Bertz CT molecular complexity index is 419. The minimum Gasteiger partial charge on any atom is -0.466 e. The summed E-state index contributed by atoms with van der Waals surface area (Å²) in [7, 11) is 1.33. The van der Waals surface area contributed by atoms with Crippen LogP contribution < -0.4 is 0 Å². The third-order valence-electron chi connectivity index (χ3n) is 2.53. The number of rotatable bonds is 3. The van der Waals surface area contributed by atoms with Gasteiger partial charge in [-0.1, -0.05) is 12.1 Å². The summed E-state index contributed by atoms with van der Waals surface area (Å²) < 4.78 is 4.51. The zero-order valence-corrected chi connectivity index (χ0v) is 9.78. The zero-order chi connectivity index (χ0) is 12.1. The summed E-state index contributed by atoms with van der Waals surface area (Å²) in [6, 6.07) is 3.87. The molecule has 3 heteroatoms. The van der Waals surface area contributed by atoms with E-state index in [0.717, 1.165) is 22.3 Å². The Kier molecular flexibility index (Phi) is 4.26. The molecule has 3 nitrogen and oxygen atoms in total. The van der Waals surface area contributed by atoms with E-state index in [1.54, 1.807) is 6.08 Å². The van der Waals surface area contributed by atoms with E-state index < -0.39 is 5.97 Å². The van der Waals surface area contributed by atoms with Gasteiger partial charge in [0.15, 0.2) is 0 Å². The Morgan fingerprint density at radius 2 is 2.00 bits per heavy atom. The second-order valence-electron chi connectivity index (χ2n) is 3.65. The van der Waals surface area contributed by atoms with Crippen LogP contribution >= 0.6 is 0 Å². The lowest BCUT2D eigenvalue weighted by Crippen LogP contribution is -1.96. The van der Waals surface area contributed by atoms with E-state index in [4.69, 9.17) is 0 Å². The lowest BCUT2D eigenvalue weighted by molar-refractivity contribution is -0.134. The molecule has 0 aromatic heterocycles. The molecule has 1 aromatic carbocycles. The van der Waals surface area contributed by atoms with Crippen molar-refractivity contribution in [3.8, 4) is 0 Å². The van der Waals surface area contributed by atoms with Crippen molar-refractivity contribution < 1.29 is 14.6 Å². The van der Waals surface area contributed by atoms with E-state index in [1.807, 2.05) is 26.0 Å². The predicted molar refractivity (Wildman–Crippen MR) is 62.9 cm³/mol. The fourth-order valence-electron chi connectivity index (χ4n) is 1.42. The molecule has 0 unspecified atom stereocenters. The van der Waals surface area contributed by atoms with Crippen molar-refractivity contribution in [3.63, 3.8) is 0 Å². The average Bonchev–Trinajstić information content (AvgIpc) is 2.29. The highest BCUT2D eigenvalue weighted by molar-refractivity contribution is 5.87. The van der Waals surface area contributed by atoms with Crippen molar-refractivity contribution in [2.24, 2.45) is 0 Å². The lowest BCUT2D eigenvalue weighted by Gasteiger charge is -2.07. The molecular weight excluding hydrogens is 204 g/mol. The lowest BCUT2D eigenvalue weighted by atomic mass is 10.00. The van der Waals surface area contributed by atoms with Gasteiger partial charge in [0.2, 0.25) is 0 Å². The van der Waals surface area contributed by atoms with Crippen LogP contribution in [0.2, 0.25) is 0 Å². The molecule has 1 rings (SSSR count). The highest BCUT2D eigenvalue weighted by Gasteiger charge is 2.02. The first-order valence-corrected chi connectivity index (χ1v) is 5.05. The summed E-state index contributed by atoms with van der Waals surface area (Å²) in [5.41, 5.74) is 3.90. The molecule has 86 valence electrons. The van der Waals surface area contributed by atoms with E-state index >= 15 is 0 Å². The molecule has 0 amide bonds. The number of hydrogen-bond acceptors (Lipinski definition) is 3. The first kappa shape index (κ1) is 12.5. The maximum absolute atomic E-state index is 11.0. The van der Waals surface area contributed by atoms with Crippen LogP contribution in [-0.4, -0.2) is 18.2 Å². The summed E-state index contributed by atoms with van der Waals surface area (Å²) in [6.45, 7) is 3.94. The second kappa shape index (κ2) is 5.47. The van der Waals surface area contributed by atoms with Crippen LogP contribution in [0.1, 0.15) is 22.3 Å². The van der Waals surface area contributed by atoms with Gasteiger partial charge in [-0.25, -0.2) is 4.79 Å². The quantitative estimate of drug-likeness (QED) is 0.626. The smallest absolute Gasteiger partial charge is 0.330 e. The number of esters is 1. The molecule has 1 N–H and O–H groups in total. The van der Waals surface area contributed by atoms with Gasteiger partial charge in [0.1, 0.15) is 0 Å². The summed E-state index contributed by atoms with van der Waals surface area (Å²) in [5, 5.41) is 9.21. The Morgan fingerprint density at radius 1 is 1.38 bits per heavy atom. The number of aliphatic hydroxyl groups excluding tert-OH is 1. The largest absolute Gasteiger partial charge is 0.466 e. The SMILES string of the molecule is COC(=O)/C=C/c1cc(C)c(C)cc1CO. The predicted octanol–water partition coefficient (Wildman–Crippen LogP) is 1.98. The van der Waals surface area contributed by atoms with Gasteiger partial charge in [-0.15, -0.1) is 0 Å². The van der Waals surface area contributed by atoms with Gasteiger partial charge in [-0.3, -0.25) is 0 Å². The summed E-state index contributed by atoms with van der Waals surface area (Å²) in [5.74, 6) is -0.401. The van der Waals surface area contributed by atoms with Gasteiger partial charge in [-0.05, 0) is 42.2 Å². The van der Waals surface area contributed by atoms with Crippen LogP contribution in [0.25, 0.3) is 6.08 Å². The molecule has 0 bridgehead atoms. The number of methoxy groups -OCH3 is 1. The van der Waals surface area contributed by atoms with Crippen molar-refractivity contribution in [1.29, 1.82) is 0 Å².